The topological polar surface area (TPSA) is 95.0 Å². The van der Waals surface area contributed by atoms with Gasteiger partial charge in [0, 0.05) is 6.54 Å². The Bertz CT molecular complexity index is 426. The van der Waals surface area contributed by atoms with Crippen LogP contribution in [-0.4, -0.2) is 22.1 Å². The minimum absolute atomic E-state index is 0.169. The van der Waals surface area contributed by atoms with Crippen LogP contribution in [0.25, 0.3) is 0 Å². The fourth-order valence-corrected chi connectivity index (χ4v) is 2.89. The second-order valence-corrected chi connectivity index (χ2v) is 5.22. The molecule has 4 N–H and O–H groups in total. The van der Waals surface area contributed by atoms with Crippen molar-refractivity contribution < 1.29 is 5.11 Å². The van der Waals surface area contributed by atoms with Gasteiger partial charge in [0.2, 0.25) is 0 Å². The first-order valence-corrected chi connectivity index (χ1v) is 6.55. The third kappa shape index (κ3) is 2.87. The van der Waals surface area contributed by atoms with Gasteiger partial charge in [-0.1, -0.05) is 6.42 Å². The molecule has 2 unspecified atom stereocenters. The summed E-state index contributed by atoms with van der Waals surface area (Å²) in [4.78, 5) is 0. The van der Waals surface area contributed by atoms with Crippen molar-refractivity contribution in [1.29, 1.82) is 5.26 Å². The lowest BCUT2D eigenvalue weighted by Gasteiger charge is -2.25. The first-order chi connectivity index (χ1) is 8.20. The number of aliphatic hydroxyl groups is 1. The van der Waals surface area contributed by atoms with Gasteiger partial charge in [0.25, 0.3) is 0 Å². The Kier molecular flexibility index (Phi) is 3.82. The molecule has 2 atom stereocenters. The van der Waals surface area contributed by atoms with Crippen molar-refractivity contribution in [2.75, 3.05) is 17.6 Å². The highest BCUT2D eigenvalue weighted by molar-refractivity contribution is 7.10. The summed E-state index contributed by atoms with van der Waals surface area (Å²) < 4.78 is 3.95. The van der Waals surface area contributed by atoms with E-state index in [0.717, 1.165) is 37.2 Å². The van der Waals surface area contributed by atoms with Crippen molar-refractivity contribution in [1.82, 2.24) is 4.37 Å². The monoisotopic (exact) mass is 252 g/mol. The first-order valence-electron chi connectivity index (χ1n) is 5.78. The van der Waals surface area contributed by atoms with E-state index in [9.17, 15) is 5.11 Å². The molecule has 1 aliphatic rings. The molecule has 0 saturated heterocycles. The van der Waals surface area contributed by atoms with Crippen molar-refractivity contribution in [3.05, 3.63) is 5.56 Å². The molecule has 92 valence electrons. The zero-order valence-electron chi connectivity index (χ0n) is 9.52. The van der Waals surface area contributed by atoms with Gasteiger partial charge < -0.3 is 16.2 Å². The molecule has 5 nitrogen and oxygen atoms in total. The Balaban J connectivity index is 1.91. The molecular formula is C11H16N4OS. The number of aliphatic hydroxyl groups excluding tert-OH is 1. The second kappa shape index (κ2) is 5.34. The van der Waals surface area contributed by atoms with Gasteiger partial charge in [-0.05, 0) is 36.7 Å². The fourth-order valence-electron chi connectivity index (χ4n) is 2.22. The Morgan fingerprint density at radius 1 is 1.59 bits per heavy atom. The lowest BCUT2D eigenvalue weighted by atomic mass is 9.87. The van der Waals surface area contributed by atoms with Crippen molar-refractivity contribution in [2.45, 2.75) is 31.8 Å². The maximum Gasteiger partial charge on any atom is 0.157 e. The molecule has 0 bridgehead atoms. The third-order valence-corrected chi connectivity index (χ3v) is 3.96. The molecule has 0 amide bonds. The van der Waals surface area contributed by atoms with Gasteiger partial charge >= 0.3 is 0 Å². The van der Waals surface area contributed by atoms with Gasteiger partial charge in [0.15, 0.2) is 5.82 Å². The van der Waals surface area contributed by atoms with Gasteiger partial charge in [-0.3, -0.25) is 0 Å². The highest BCUT2D eigenvalue weighted by atomic mass is 32.1. The van der Waals surface area contributed by atoms with Crippen LogP contribution < -0.4 is 11.1 Å². The second-order valence-electron chi connectivity index (χ2n) is 4.45. The average molecular weight is 252 g/mol. The Hall–Kier alpha value is -1.32. The molecule has 1 heterocycles. The van der Waals surface area contributed by atoms with Crippen LogP contribution in [-0.2, 0) is 0 Å². The number of nitrogens with zero attached hydrogens (tertiary/aromatic N) is 2. The highest BCUT2D eigenvalue weighted by Gasteiger charge is 2.20. The molecule has 2 rings (SSSR count). The number of hydrogen-bond donors (Lipinski definition) is 3. The summed E-state index contributed by atoms with van der Waals surface area (Å²) in [5, 5.41) is 22.5. The molecule has 0 radical (unpaired) electrons. The molecule has 6 heteroatoms. The zero-order valence-corrected chi connectivity index (χ0v) is 10.3. The number of anilines is 2. The molecule has 0 spiro atoms. The van der Waals surface area contributed by atoms with E-state index in [-0.39, 0.29) is 6.10 Å². The number of hydrogen-bond acceptors (Lipinski definition) is 6. The first kappa shape index (κ1) is 12.1. The van der Waals surface area contributed by atoms with E-state index < -0.39 is 0 Å². The number of rotatable bonds is 3. The van der Waals surface area contributed by atoms with Crippen LogP contribution in [0, 0.1) is 17.2 Å². The summed E-state index contributed by atoms with van der Waals surface area (Å²) in [7, 11) is 0. The summed E-state index contributed by atoms with van der Waals surface area (Å²) in [6.07, 6.45) is 3.78. The quantitative estimate of drug-likeness (QED) is 0.758. The van der Waals surface area contributed by atoms with Gasteiger partial charge in [-0.15, -0.1) is 0 Å². The van der Waals surface area contributed by atoms with E-state index in [1.54, 1.807) is 0 Å². The van der Waals surface area contributed by atoms with Gasteiger partial charge in [-0.2, -0.15) is 9.64 Å². The molecular weight excluding hydrogens is 236 g/mol. The van der Waals surface area contributed by atoms with Crippen molar-refractivity contribution in [2.24, 2.45) is 5.92 Å². The lowest BCUT2D eigenvalue weighted by molar-refractivity contribution is 0.105. The van der Waals surface area contributed by atoms with E-state index in [4.69, 9.17) is 11.0 Å². The van der Waals surface area contributed by atoms with E-state index in [1.807, 2.05) is 0 Å². The molecule has 1 saturated carbocycles. The molecule has 17 heavy (non-hydrogen) atoms. The normalized spacial score (nSPS) is 24.2. The van der Waals surface area contributed by atoms with E-state index in [1.165, 1.54) is 11.5 Å². The molecule has 0 aliphatic heterocycles. The van der Waals surface area contributed by atoms with Crippen LogP contribution in [0.3, 0.4) is 0 Å². The predicted octanol–water partition coefficient (Wildman–Crippen LogP) is 1.56. The molecule has 1 fully saturated rings. The smallest absolute Gasteiger partial charge is 0.157 e. The summed E-state index contributed by atoms with van der Waals surface area (Å²) in [5.41, 5.74) is 6.02. The molecule has 1 aromatic heterocycles. The number of nitriles is 1. The summed E-state index contributed by atoms with van der Waals surface area (Å²) in [6, 6.07) is 2.05. The fraction of sp³-hybridized carbons (Fsp3) is 0.636. The van der Waals surface area contributed by atoms with E-state index in [2.05, 4.69) is 15.8 Å². The largest absolute Gasteiger partial charge is 0.393 e. The van der Waals surface area contributed by atoms with E-state index in [0.29, 0.717) is 17.3 Å². The van der Waals surface area contributed by atoms with Crippen LogP contribution in [0.1, 0.15) is 31.2 Å². The van der Waals surface area contributed by atoms with Gasteiger partial charge in [0.05, 0.1) is 6.10 Å². The minimum atomic E-state index is -0.169. The highest BCUT2D eigenvalue weighted by Crippen LogP contribution is 2.28. The molecule has 1 aliphatic carbocycles. The lowest BCUT2D eigenvalue weighted by Crippen LogP contribution is -2.24. The number of nitrogen functional groups attached to an aromatic ring is 1. The Morgan fingerprint density at radius 3 is 3.12 bits per heavy atom. The summed E-state index contributed by atoms with van der Waals surface area (Å²) >= 11 is 1.22. The van der Waals surface area contributed by atoms with Crippen molar-refractivity contribution in [3.63, 3.8) is 0 Å². The Labute approximate surface area is 104 Å². The van der Waals surface area contributed by atoms with Crippen molar-refractivity contribution in [3.8, 4) is 6.07 Å². The molecule has 1 aromatic rings. The van der Waals surface area contributed by atoms with Crippen molar-refractivity contribution >= 4 is 22.4 Å². The zero-order chi connectivity index (χ0) is 12.3. The van der Waals surface area contributed by atoms with Crippen LogP contribution in [0.5, 0.6) is 0 Å². The maximum absolute atomic E-state index is 9.57. The molecule has 0 aromatic carbocycles. The summed E-state index contributed by atoms with van der Waals surface area (Å²) in [5.74, 6) is 0.761. The summed E-state index contributed by atoms with van der Waals surface area (Å²) in [6.45, 7) is 0.771. The SMILES string of the molecule is N#Cc1c(N)nsc1NCC1CCCC(O)C1. The van der Waals surface area contributed by atoms with Crippen LogP contribution in [0.4, 0.5) is 10.8 Å². The Morgan fingerprint density at radius 2 is 2.41 bits per heavy atom. The standard InChI is InChI=1S/C11H16N4OS/c12-5-9-10(13)15-17-11(9)14-6-7-2-1-3-8(16)4-7/h7-8,14,16H,1-4,6H2,(H2,13,15). The number of nitrogens with one attached hydrogen (secondary N) is 1. The van der Waals surface area contributed by atoms with Gasteiger partial charge in [-0.25, -0.2) is 0 Å². The van der Waals surface area contributed by atoms with Gasteiger partial charge in [0.1, 0.15) is 16.6 Å². The van der Waals surface area contributed by atoms with E-state index >= 15 is 0 Å². The third-order valence-electron chi connectivity index (χ3n) is 3.14. The number of nitrogens with two attached hydrogens (primary N) is 1. The maximum atomic E-state index is 9.57. The van der Waals surface area contributed by atoms with Crippen LogP contribution in [0.2, 0.25) is 0 Å². The minimum Gasteiger partial charge on any atom is -0.393 e. The predicted molar refractivity (Wildman–Crippen MR) is 67.7 cm³/mol. The number of aromatic nitrogens is 1. The van der Waals surface area contributed by atoms with Crippen LogP contribution in [0.15, 0.2) is 0 Å². The van der Waals surface area contributed by atoms with Crippen LogP contribution >= 0.6 is 11.5 Å². The average Bonchev–Trinajstić information content (AvgIpc) is 2.67.